The Balaban J connectivity index is 2.23. The fourth-order valence-corrected chi connectivity index (χ4v) is 2.09. The molecular formula is C12H13F2N3O2. The van der Waals surface area contributed by atoms with E-state index in [0.29, 0.717) is 6.42 Å². The molecule has 0 spiro atoms. The molecule has 2 heterocycles. The second-order valence-corrected chi connectivity index (χ2v) is 4.86. The van der Waals surface area contributed by atoms with Crippen LogP contribution in [0.4, 0.5) is 8.78 Å². The van der Waals surface area contributed by atoms with E-state index < -0.39 is 29.0 Å². The summed E-state index contributed by atoms with van der Waals surface area (Å²) in [6.07, 6.45) is 1.43. The van der Waals surface area contributed by atoms with Crippen molar-refractivity contribution in [2.45, 2.75) is 13.3 Å². The highest BCUT2D eigenvalue weighted by Gasteiger charge is 2.41. The van der Waals surface area contributed by atoms with Gasteiger partial charge >= 0.3 is 0 Å². The van der Waals surface area contributed by atoms with Crippen LogP contribution in [0.3, 0.4) is 0 Å². The van der Waals surface area contributed by atoms with Crippen molar-refractivity contribution in [3.05, 3.63) is 29.6 Å². The predicted octanol–water partition coefficient (Wildman–Crippen LogP) is 0.697. The van der Waals surface area contributed by atoms with Gasteiger partial charge in [-0.25, -0.2) is 9.37 Å². The molecule has 1 aliphatic rings. The maximum Gasteiger partial charge on any atom is 0.257 e. The van der Waals surface area contributed by atoms with Crippen molar-refractivity contribution in [3.8, 4) is 0 Å². The van der Waals surface area contributed by atoms with Gasteiger partial charge in [0.1, 0.15) is 0 Å². The summed E-state index contributed by atoms with van der Waals surface area (Å²) in [7, 11) is 0. The van der Waals surface area contributed by atoms with Crippen molar-refractivity contribution >= 4 is 11.8 Å². The van der Waals surface area contributed by atoms with Crippen LogP contribution in [0.1, 0.15) is 23.7 Å². The quantitative estimate of drug-likeness (QED) is 0.803. The van der Waals surface area contributed by atoms with Crippen LogP contribution < -0.4 is 5.73 Å². The molecule has 1 aromatic rings. The number of rotatable bonds is 2. The summed E-state index contributed by atoms with van der Waals surface area (Å²) in [5.74, 6) is -3.77. The molecule has 102 valence electrons. The molecule has 5 nitrogen and oxygen atoms in total. The fraction of sp³-hybridized carbons (Fsp3) is 0.417. The predicted molar refractivity (Wildman–Crippen MR) is 62.0 cm³/mol. The number of nitrogens with zero attached hydrogens (tertiary/aromatic N) is 2. The summed E-state index contributed by atoms with van der Waals surface area (Å²) in [6.45, 7) is 2.03. The number of hydrogen-bond donors (Lipinski definition) is 1. The lowest BCUT2D eigenvalue weighted by atomic mass is 9.89. The third-order valence-corrected chi connectivity index (χ3v) is 3.43. The normalized spacial score (nSPS) is 22.6. The Morgan fingerprint density at radius 3 is 2.74 bits per heavy atom. The van der Waals surface area contributed by atoms with Crippen molar-refractivity contribution in [2.75, 3.05) is 13.1 Å². The van der Waals surface area contributed by atoms with Gasteiger partial charge in [0.2, 0.25) is 11.9 Å². The SMILES string of the molecule is CC1(C(N)=O)CCN(C(=O)c2ccnc(F)c2F)C1. The third-order valence-electron chi connectivity index (χ3n) is 3.43. The molecule has 2 N–H and O–H groups in total. The Morgan fingerprint density at radius 1 is 1.47 bits per heavy atom. The molecule has 19 heavy (non-hydrogen) atoms. The molecule has 1 unspecified atom stereocenters. The standard InChI is InChI=1S/C12H13F2N3O2/c1-12(11(15)19)3-5-17(6-12)10(18)7-2-4-16-9(14)8(7)13/h2,4H,3,5-6H2,1H3,(H2,15,19). The summed E-state index contributed by atoms with van der Waals surface area (Å²) in [5.41, 5.74) is 4.06. The number of nitrogens with two attached hydrogens (primary N) is 1. The molecular weight excluding hydrogens is 256 g/mol. The highest BCUT2D eigenvalue weighted by molar-refractivity contribution is 5.95. The Morgan fingerprint density at radius 2 is 2.16 bits per heavy atom. The lowest BCUT2D eigenvalue weighted by Gasteiger charge is -2.21. The smallest absolute Gasteiger partial charge is 0.257 e. The maximum absolute atomic E-state index is 13.5. The zero-order valence-electron chi connectivity index (χ0n) is 10.3. The number of carbonyl (C=O) groups excluding carboxylic acids is 2. The zero-order valence-corrected chi connectivity index (χ0v) is 10.3. The number of aromatic nitrogens is 1. The van der Waals surface area contributed by atoms with E-state index in [1.807, 2.05) is 0 Å². The van der Waals surface area contributed by atoms with Gasteiger partial charge in [-0.15, -0.1) is 0 Å². The first-order valence-corrected chi connectivity index (χ1v) is 5.74. The lowest BCUT2D eigenvalue weighted by Crippen LogP contribution is -2.38. The van der Waals surface area contributed by atoms with Gasteiger partial charge in [0.15, 0.2) is 5.82 Å². The largest absolute Gasteiger partial charge is 0.369 e. The molecule has 0 radical (unpaired) electrons. The van der Waals surface area contributed by atoms with Gasteiger partial charge in [-0.3, -0.25) is 9.59 Å². The third kappa shape index (κ3) is 2.27. The maximum atomic E-state index is 13.5. The summed E-state index contributed by atoms with van der Waals surface area (Å²) in [4.78, 5) is 27.8. The highest BCUT2D eigenvalue weighted by Crippen LogP contribution is 2.30. The molecule has 0 saturated carbocycles. The molecule has 1 aromatic heterocycles. The van der Waals surface area contributed by atoms with Gasteiger partial charge in [-0.05, 0) is 19.4 Å². The van der Waals surface area contributed by atoms with Gasteiger partial charge in [0.05, 0.1) is 11.0 Å². The average Bonchev–Trinajstić information content (AvgIpc) is 2.76. The van der Waals surface area contributed by atoms with E-state index in [-0.39, 0.29) is 18.7 Å². The second kappa shape index (κ2) is 4.56. The molecule has 2 rings (SSSR count). The van der Waals surface area contributed by atoms with Crippen LogP contribution in [0, 0.1) is 17.2 Å². The van der Waals surface area contributed by atoms with Crippen LogP contribution in [-0.2, 0) is 4.79 Å². The first kappa shape index (κ1) is 13.4. The number of amides is 2. The summed E-state index contributed by atoms with van der Waals surface area (Å²) < 4.78 is 26.5. The lowest BCUT2D eigenvalue weighted by molar-refractivity contribution is -0.126. The topological polar surface area (TPSA) is 76.3 Å². The molecule has 1 aliphatic heterocycles. The monoisotopic (exact) mass is 269 g/mol. The number of carbonyl (C=O) groups is 2. The number of primary amides is 1. The molecule has 0 aliphatic carbocycles. The van der Waals surface area contributed by atoms with Crippen LogP contribution in [0.5, 0.6) is 0 Å². The minimum atomic E-state index is -1.32. The number of pyridine rings is 1. The van der Waals surface area contributed by atoms with Crippen LogP contribution in [0.2, 0.25) is 0 Å². The van der Waals surface area contributed by atoms with E-state index in [2.05, 4.69) is 4.98 Å². The number of likely N-dealkylation sites (tertiary alicyclic amines) is 1. The van der Waals surface area contributed by atoms with E-state index in [1.165, 1.54) is 4.90 Å². The summed E-state index contributed by atoms with van der Waals surface area (Å²) in [6, 6.07) is 1.11. The van der Waals surface area contributed by atoms with Crippen LogP contribution in [-0.4, -0.2) is 34.8 Å². The van der Waals surface area contributed by atoms with E-state index in [0.717, 1.165) is 12.3 Å². The van der Waals surface area contributed by atoms with Gasteiger partial charge in [-0.2, -0.15) is 4.39 Å². The van der Waals surface area contributed by atoms with Crippen LogP contribution >= 0.6 is 0 Å². The average molecular weight is 269 g/mol. The van der Waals surface area contributed by atoms with E-state index in [9.17, 15) is 18.4 Å². The molecule has 1 saturated heterocycles. The Hall–Kier alpha value is -2.05. The first-order chi connectivity index (χ1) is 8.85. The Labute approximate surface area is 108 Å². The molecule has 2 amide bonds. The molecule has 7 heteroatoms. The second-order valence-electron chi connectivity index (χ2n) is 4.86. The summed E-state index contributed by atoms with van der Waals surface area (Å²) in [5, 5.41) is 0. The van der Waals surface area contributed by atoms with Crippen molar-refractivity contribution in [3.63, 3.8) is 0 Å². The molecule has 1 fully saturated rings. The van der Waals surface area contributed by atoms with Gasteiger partial charge in [-0.1, -0.05) is 0 Å². The van der Waals surface area contributed by atoms with Crippen molar-refractivity contribution in [1.82, 2.24) is 9.88 Å². The molecule has 1 atom stereocenters. The van der Waals surface area contributed by atoms with Crippen molar-refractivity contribution in [1.29, 1.82) is 0 Å². The minimum absolute atomic E-state index is 0.102. The molecule has 0 aromatic carbocycles. The van der Waals surface area contributed by atoms with Gasteiger partial charge in [0, 0.05) is 19.3 Å². The van der Waals surface area contributed by atoms with Gasteiger partial charge < -0.3 is 10.6 Å². The fourth-order valence-electron chi connectivity index (χ4n) is 2.09. The van der Waals surface area contributed by atoms with Gasteiger partial charge in [0.25, 0.3) is 5.91 Å². The van der Waals surface area contributed by atoms with E-state index >= 15 is 0 Å². The van der Waals surface area contributed by atoms with Crippen LogP contribution in [0.15, 0.2) is 12.3 Å². The Bertz CT molecular complexity index is 550. The molecule has 0 bridgehead atoms. The van der Waals surface area contributed by atoms with Crippen molar-refractivity contribution < 1.29 is 18.4 Å². The highest BCUT2D eigenvalue weighted by atomic mass is 19.2. The first-order valence-electron chi connectivity index (χ1n) is 5.74. The number of halogens is 2. The zero-order chi connectivity index (χ0) is 14.2. The Kier molecular flexibility index (Phi) is 3.21. The number of hydrogen-bond acceptors (Lipinski definition) is 3. The minimum Gasteiger partial charge on any atom is -0.369 e. The summed E-state index contributed by atoms with van der Waals surface area (Å²) >= 11 is 0. The van der Waals surface area contributed by atoms with Crippen LogP contribution in [0.25, 0.3) is 0 Å². The van der Waals surface area contributed by atoms with E-state index in [4.69, 9.17) is 5.73 Å². The van der Waals surface area contributed by atoms with E-state index in [1.54, 1.807) is 6.92 Å². The van der Waals surface area contributed by atoms with Crippen molar-refractivity contribution in [2.24, 2.45) is 11.1 Å².